The first kappa shape index (κ1) is 15.0. The van der Waals surface area contributed by atoms with Crippen molar-refractivity contribution < 1.29 is 13.9 Å². The van der Waals surface area contributed by atoms with Gasteiger partial charge in [0.25, 0.3) is 5.91 Å². The van der Waals surface area contributed by atoms with Crippen molar-refractivity contribution in [2.45, 2.75) is 31.9 Å². The van der Waals surface area contributed by atoms with Crippen molar-refractivity contribution in [2.75, 3.05) is 6.54 Å². The molecule has 3 nitrogen and oxygen atoms in total. The lowest BCUT2D eigenvalue weighted by atomic mass is 10.2. The van der Waals surface area contributed by atoms with Crippen molar-refractivity contribution in [1.82, 2.24) is 4.90 Å². The zero-order valence-corrected chi connectivity index (χ0v) is 13.2. The number of hydrogen-bond acceptors (Lipinski definition) is 3. The summed E-state index contributed by atoms with van der Waals surface area (Å²) in [4.78, 5) is 15.8. The molecule has 116 valence electrons. The second-order valence-electron chi connectivity index (χ2n) is 5.42. The smallest absolute Gasteiger partial charge is 0.263 e. The lowest BCUT2D eigenvalue weighted by molar-refractivity contribution is -0.138. The Bertz CT molecular complexity index is 627. The Kier molecular flexibility index (Phi) is 4.43. The molecule has 2 aromatic rings. The molecule has 2 atom stereocenters. The van der Waals surface area contributed by atoms with Crippen molar-refractivity contribution in [2.24, 2.45) is 0 Å². The molecule has 1 aliphatic heterocycles. The van der Waals surface area contributed by atoms with Gasteiger partial charge in [0.15, 0.2) is 6.10 Å². The van der Waals surface area contributed by atoms with E-state index in [0.29, 0.717) is 5.75 Å². The average molecular weight is 319 g/mol. The summed E-state index contributed by atoms with van der Waals surface area (Å²) in [5.74, 6) is 0.179. The third-order valence-corrected chi connectivity index (χ3v) is 4.86. The molecule has 0 spiro atoms. The molecule has 0 bridgehead atoms. The first-order valence-electron chi connectivity index (χ1n) is 7.41. The third kappa shape index (κ3) is 3.14. The molecule has 2 heterocycles. The lowest BCUT2D eigenvalue weighted by Crippen LogP contribution is -2.39. The summed E-state index contributed by atoms with van der Waals surface area (Å²) >= 11 is 1.68. The van der Waals surface area contributed by atoms with Crippen LogP contribution in [0.15, 0.2) is 41.8 Å². The van der Waals surface area contributed by atoms with Gasteiger partial charge in [-0.2, -0.15) is 0 Å². The van der Waals surface area contributed by atoms with Crippen LogP contribution in [0.4, 0.5) is 4.39 Å². The highest BCUT2D eigenvalue weighted by molar-refractivity contribution is 7.10. The first-order chi connectivity index (χ1) is 10.6. The topological polar surface area (TPSA) is 29.5 Å². The lowest BCUT2D eigenvalue weighted by Gasteiger charge is -2.27. The fourth-order valence-corrected chi connectivity index (χ4v) is 3.68. The highest BCUT2D eigenvalue weighted by Crippen LogP contribution is 2.35. The number of nitrogens with zero attached hydrogens (tertiary/aromatic N) is 1. The van der Waals surface area contributed by atoms with Crippen LogP contribution < -0.4 is 4.74 Å². The van der Waals surface area contributed by atoms with Crippen molar-refractivity contribution in [3.63, 3.8) is 0 Å². The fraction of sp³-hybridized carbons (Fsp3) is 0.353. The molecule has 0 N–H and O–H groups in total. The number of ether oxygens (including phenoxy) is 1. The van der Waals surface area contributed by atoms with E-state index in [1.54, 1.807) is 30.4 Å². The highest BCUT2D eigenvalue weighted by Gasteiger charge is 2.33. The van der Waals surface area contributed by atoms with E-state index in [4.69, 9.17) is 4.74 Å². The van der Waals surface area contributed by atoms with Gasteiger partial charge in [0.2, 0.25) is 0 Å². The van der Waals surface area contributed by atoms with E-state index in [1.807, 2.05) is 16.3 Å². The first-order valence-corrected chi connectivity index (χ1v) is 8.29. The summed E-state index contributed by atoms with van der Waals surface area (Å²) < 4.78 is 18.6. The minimum absolute atomic E-state index is 0.0137. The molecule has 1 aliphatic rings. The van der Waals surface area contributed by atoms with Gasteiger partial charge in [-0.25, -0.2) is 4.39 Å². The minimum Gasteiger partial charge on any atom is -0.481 e. The maximum Gasteiger partial charge on any atom is 0.263 e. The van der Waals surface area contributed by atoms with Gasteiger partial charge in [-0.15, -0.1) is 11.3 Å². The Hall–Kier alpha value is -1.88. The van der Waals surface area contributed by atoms with Crippen LogP contribution in [0.5, 0.6) is 5.75 Å². The Labute approximate surface area is 133 Å². The van der Waals surface area contributed by atoms with Gasteiger partial charge >= 0.3 is 0 Å². The number of benzene rings is 1. The summed E-state index contributed by atoms with van der Waals surface area (Å²) in [5, 5.41) is 2.04. The van der Waals surface area contributed by atoms with Crippen molar-refractivity contribution in [3.8, 4) is 5.75 Å². The Morgan fingerprint density at radius 2 is 2.14 bits per heavy atom. The standard InChI is InChI=1S/C17H18FNO2S/c1-12(21-14-8-6-13(18)7-9-14)17(20)19-10-2-4-15(19)16-5-3-11-22-16/h3,5-9,11-12,15H,2,4,10H2,1H3/t12-,15+/m0/s1. The maximum absolute atomic E-state index is 12.9. The molecule has 0 unspecified atom stereocenters. The monoisotopic (exact) mass is 319 g/mol. The van der Waals surface area contributed by atoms with Gasteiger partial charge in [-0.3, -0.25) is 4.79 Å². The summed E-state index contributed by atoms with van der Waals surface area (Å²) in [5.41, 5.74) is 0. The summed E-state index contributed by atoms with van der Waals surface area (Å²) in [6.07, 6.45) is 1.43. The molecule has 1 saturated heterocycles. The van der Waals surface area contributed by atoms with E-state index >= 15 is 0 Å². The third-order valence-electron chi connectivity index (χ3n) is 3.88. The van der Waals surface area contributed by atoms with Crippen LogP contribution in [-0.4, -0.2) is 23.5 Å². The normalized spacial score (nSPS) is 19.2. The van der Waals surface area contributed by atoms with Crippen LogP contribution in [0.1, 0.15) is 30.7 Å². The second-order valence-corrected chi connectivity index (χ2v) is 6.40. The molecule has 3 rings (SSSR count). The maximum atomic E-state index is 12.9. The molecule has 1 aromatic heterocycles. The van der Waals surface area contributed by atoms with E-state index in [0.717, 1.165) is 19.4 Å². The predicted octanol–water partition coefficient (Wildman–Crippen LogP) is 4.02. The van der Waals surface area contributed by atoms with Crippen LogP contribution in [0.2, 0.25) is 0 Å². The second kappa shape index (κ2) is 6.48. The molecular weight excluding hydrogens is 301 g/mol. The summed E-state index contributed by atoms with van der Waals surface area (Å²) in [6, 6.07) is 9.99. The zero-order chi connectivity index (χ0) is 15.5. The van der Waals surface area contributed by atoms with Crippen LogP contribution in [-0.2, 0) is 4.79 Å². The van der Waals surface area contributed by atoms with E-state index in [9.17, 15) is 9.18 Å². The number of thiophene rings is 1. The van der Waals surface area contributed by atoms with E-state index < -0.39 is 6.10 Å². The molecule has 22 heavy (non-hydrogen) atoms. The van der Waals surface area contributed by atoms with E-state index in [2.05, 4.69) is 6.07 Å². The number of hydrogen-bond donors (Lipinski definition) is 0. The SMILES string of the molecule is C[C@H](Oc1ccc(F)cc1)C(=O)N1CCC[C@@H]1c1cccs1. The average Bonchev–Trinajstić information content (AvgIpc) is 3.19. The van der Waals surface area contributed by atoms with Gasteiger partial charge in [-0.1, -0.05) is 6.07 Å². The number of likely N-dealkylation sites (tertiary alicyclic amines) is 1. The van der Waals surface area contributed by atoms with Gasteiger partial charge in [-0.05, 0) is 55.5 Å². The molecule has 0 saturated carbocycles. The number of carbonyl (C=O) groups is 1. The zero-order valence-electron chi connectivity index (χ0n) is 12.4. The number of amides is 1. The van der Waals surface area contributed by atoms with Gasteiger partial charge < -0.3 is 9.64 Å². The quantitative estimate of drug-likeness (QED) is 0.852. The van der Waals surface area contributed by atoms with Crippen molar-refractivity contribution in [1.29, 1.82) is 0 Å². The Morgan fingerprint density at radius 1 is 1.36 bits per heavy atom. The predicted molar refractivity (Wildman–Crippen MR) is 84.5 cm³/mol. The molecule has 1 fully saturated rings. The molecule has 1 amide bonds. The Morgan fingerprint density at radius 3 is 2.82 bits per heavy atom. The molecule has 0 aliphatic carbocycles. The number of halogens is 1. The molecule has 0 radical (unpaired) electrons. The molecule has 5 heteroatoms. The molecular formula is C17H18FNO2S. The van der Waals surface area contributed by atoms with Gasteiger partial charge in [0.05, 0.1) is 6.04 Å². The summed E-state index contributed by atoms with van der Waals surface area (Å²) in [7, 11) is 0. The number of rotatable bonds is 4. The van der Waals surface area contributed by atoms with Crippen molar-refractivity contribution in [3.05, 3.63) is 52.5 Å². The largest absolute Gasteiger partial charge is 0.481 e. The van der Waals surface area contributed by atoms with E-state index in [1.165, 1.54) is 17.0 Å². The Balaban J connectivity index is 1.68. The van der Waals surface area contributed by atoms with Crippen LogP contribution in [0.25, 0.3) is 0 Å². The number of carbonyl (C=O) groups excluding carboxylic acids is 1. The molecule has 1 aromatic carbocycles. The van der Waals surface area contributed by atoms with Crippen LogP contribution in [0, 0.1) is 5.82 Å². The minimum atomic E-state index is -0.578. The van der Waals surface area contributed by atoms with Crippen LogP contribution >= 0.6 is 11.3 Å². The van der Waals surface area contributed by atoms with Gasteiger partial charge in [0, 0.05) is 11.4 Å². The van der Waals surface area contributed by atoms with E-state index in [-0.39, 0.29) is 17.8 Å². The van der Waals surface area contributed by atoms with Crippen molar-refractivity contribution >= 4 is 17.2 Å². The fourth-order valence-electron chi connectivity index (χ4n) is 2.81. The van der Waals surface area contributed by atoms with Crippen LogP contribution in [0.3, 0.4) is 0 Å². The summed E-state index contributed by atoms with van der Waals surface area (Å²) in [6.45, 7) is 2.51. The highest BCUT2D eigenvalue weighted by atomic mass is 32.1. The van der Waals surface area contributed by atoms with Gasteiger partial charge in [0.1, 0.15) is 11.6 Å².